The Morgan fingerprint density at radius 2 is 1.64 bits per heavy atom. The van der Waals surface area contributed by atoms with Crippen LogP contribution in [-0.4, -0.2) is 21.3 Å². The van der Waals surface area contributed by atoms with E-state index in [4.69, 9.17) is 14.2 Å². The van der Waals surface area contributed by atoms with Gasteiger partial charge in [-0.1, -0.05) is 4.57 Å². The average Bonchev–Trinajstić information content (AvgIpc) is 2.26. The van der Waals surface area contributed by atoms with Gasteiger partial charge >= 0.3 is 8.46 Å². The first-order valence-corrected chi connectivity index (χ1v) is 4.86. The van der Waals surface area contributed by atoms with Crippen molar-refractivity contribution in [3.05, 3.63) is 12.1 Å². The molecule has 1 atom stereocenters. The molecule has 0 aliphatic carbocycles. The summed E-state index contributed by atoms with van der Waals surface area (Å²) in [6.45, 7) is 0. The second kappa shape index (κ2) is 4.82. The van der Waals surface area contributed by atoms with E-state index in [0.717, 1.165) is 0 Å². The molecule has 0 aliphatic rings. The standard InChI is InChI=1S/C9H11O4P/c1-11-6-4-5-7(14-10)9(13-3)8(6)12-2/h4-5H,1-3H3/p+1. The predicted octanol–water partition coefficient (Wildman–Crippen LogP) is 1.36. The molecule has 76 valence electrons. The van der Waals surface area contributed by atoms with Crippen LogP contribution < -0.4 is 19.5 Å². The normalized spacial score (nSPS) is 9.93. The first-order valence-electron chi connectivity index (χ1n) is 3.95. The molecular weight excluding hydrogens is 203 g/mol. The fourth-order valence-electron chi connectivity index (χ4n) is 1.18. The minimum atomic E-state index is -0.578. The molecule has 0 aromatic heterocycles. The van der Waals surface area contributed by atoms with E-state index in [2.05, 4.69) is 0 Å². The summed E-state index contributed by atoms with van der Waals surface area (Å²) in [5.41, 5.74) is 0. The Kier molecular flexibility index (Phi) is 3.72. The maximum absolute atomic E-state index is 10.8. The molecule has 1 aromatic carbocycles. The van der Waals surface area contributed by atoms with Gasteiger partial charge in [0.15, 0.2) is 5.75 Å². The van der Waals surface area contributed by atoms with E-state index in [1.165, 1.54) is 21.3 Å². The molecule has 4 nitrogen and oxygen atoms in total. The van der Waals surface area contributed by atoms with E-state index in [-0.39, 0.29) is 0 Å². The fourth-order valence-corrected chi connectivity index (χ4v) is 1.64. The third-order valence-electron chi connectivity index (χ3n) is 1.81. The monoisotopic (exact) mass is 215 g/mol. The molecule has 1 rings (SSSR count). The van der Waals surface area contributed by atoms with Crippen LogP contribution in [0, 0.1) is 0 Å². The molecule has 0 fully saturated rings. The summed E-state index contributed by atoms with van der Waals surface area (Å²) in [4.78, 5) is 0. The summed E-state index contributed by atoms with van der Waals surface area (Å²) in [7, 11) is 3.97. The molecule has 0 heterocycles. The first-order chi connectivity index (χ1) is 6.78. The maximum atomic E-state index is 10.8. The van der Waals surface area contributed by atoms with Crippen LogP contribution in [0.25, 0.3) is 0 Å². The lowest BCUT2D eigenvalue weighted by Gasteiger charge is -2.10. The molecule has 0 N–H and O–H groups in total. The molecule has 0 aliphatic heterocycles. The summed E-state index contributed by atoms with van der Waals surface area (Å²) in [6, 6.07) is 3.38. The van der Waals surface area contributed by atoms with E-state index < -0.39 is 8.46 Å². The van der Waals surface area contributed by atoms with Crippen molar-refractivity contribution in [2.45, 2.75) is 0 Å². The molecule has 0 saturated carbocycles. The number of hydrogen-bond acceptors (Lipinski definition) is 4. The third-order valence-corrected chi connectivity index (χ3v) is 2.43. The summed E-state index contributed by atoms with van der Waals surface area (Å²) >= 11 is 0. The van der Waals surface area contributed by atoms with Crippen molar-refractivity contribution >= 4 is 13.8 Å². The molecule has 0 spiro atoms. The van der Waals surface area contributed by atoms with Gasteiger partial charge in [0.1, 0.15) is 0 Å². The molecule has 0 bridgehead atoms. The quantitative estimate of drug-likeness (QED) is 0.711. The maximum Gasteiger partial charge on any atom is 0.367 e. The lowest BCUT2D eigenvalue weighted by Crippen LogP contribution is -2.03. The van der Waals surface area contributed by atoms with Gasteiger partial charge in [0.2, 0.25) is 16.8 Å². The minimum absolute atomic E-state index is 0.459. The Morgan fingerprint density at radius 3 is 2.07 bits per heavy atom. The van der Waals surface area contributed by atoms with E-state index in [0.29, 0.717) is 22.6 Å². The highest BCUT2D eigenvalue weighted by molar-refractivity contribution is 7.34. The van der Waals surface area contributed by atoms with Crippen molar-refractivity contribution < 1.29 is 18.8 Å². The molecule has 5 heteroatoms. The molecule has 1 unspecified atom stereocenters. The Labute approximate surface area is 84.0 Å². The van der Waals surface area contributed by atoms with Crippen molar-refractivity contribution in [3.8, 4) is 17.2 Å². The fraction of sp³-hybridized carbons (Fsp3) is 0.333. The molecule has 0 radical (unpaired) electrons. The summed E-state index contributed by atoms with van der Waals surface area (Å²) in [5, 5.41) is 0.588. The summed E-state index contributed by atoms with van der Waals surface area (Å²) in [5.74, 6) is 1.49. The lowest BCUT2D eigenvalue weighted by atomic mass is 10.3. The van der Waals surface area contributed by atoms with Crippen LogP contribution in [0.1, 0.15) is 0 Å². The molecule has 1 aromatic rings. The van der Waals surface area contributed by atoms with E-state index in [9.17, 15) is 4.57 Å². The largest absolute Gasteiger partial charge is 0.493 e. The zero-order valence-electron chi connectivity index (χ0n) is 8.29. The number of rotatable bonds is 4. The van der Waals surface area contributed by atoms with Crippen LogP contribution in [0.3, 0.4) is 0 Å². The number of methoxy groups -OCH3 is 3. The Bertz CT molecular complexity index is 338. The number of benzene rings is 1. The van der Waals surface area contributed by atoms with E-state index >= 15 is 0 Å². The second-order valence-corrected chi connectivity index (χ2v) is 3.23. The smallest absolute Gasteiger partial charge is 0.367 e. The topological polar surface area (TPSA) is 44.8 Å². The van der Waals surface area contributed by atoms with Crippen molar-refractivity contribution in [1.29, 1.82) is 0 Å². The molecule has 14 heavy (non-hydrogen) atoms. The zero-order chi connectivity index (χ0) is 10.6. The first kappa shape index (κ1) is 10.8. The van der Waals surface area contributed by atoms with Crippen molar-refractivity contribution in [3.63, 3.8) is 0 Å². The lowest BCUT2D eigenvalue weighted by molar-refractivity contribution is 0.326. The highest BCUT2D eigenvalue weighted by atomic mass is 31.1. The SMILES string of the molecule is COc1ccc([PH+]=O)c(OC)c1OC. The van der Waals surface area contributed by atoms with Crippen LogP contribution in [-0.2, 0) is 4.57 Å². The van der Waals surface area contributed by atoms with Gasteiger partial charge in [-0.25, -0.2) is 0 Å². The molecular formula is C9H12O4P+. The zero-order valence-corrected chi connectivity index (χ0v) is 9.29. The molecule has 0 saturated heterocycles. The average molecular weight is 215 g/mol. The number of hydrogen-bond donors (Lipinski definition) is 0. The van der Waals surface area contributed by atoms with Gasteiger partial charge < -0.3 is 14.2 Å². The minimum Gasteiger partial charge on any atom is -0.493 e. The Morgan fingerprint density at radius 1 is 1.00 bits per heavy atom. The van der Waals surface area contributed by atoms with Crippen molar-refractivity contribution in [1.82, 2.24) is 0 Å². The van der Waals surface area contributed by atoms with Crippen molar-refractivity contribution in [2.75, 3.05) is 21.3 Å². The molecule has 0 amide bonds. The second-order valence-electron chi connectivity index (χ2n) is 2.48. The Balaban J connectivity index is 3.35. The Hall–Kier alpha value is -1.28. The highest BCUT2D eigenvalue weighted by Crippen LogP contribution is 2.36. The van der Waals surface area contributed by atoms with Gasteiger partial charge in [0.05, 0.1) is 21.3 Å². The van der Waals surface area contributed by atoms with Gasteiger partial charge in [-0.15, -0.1) is 0 Å². The van der Waals surface area contributed by atoms with E-state index in [1.54, 1.807) is 12.1 Å². The highest BCUT2D eigenvalue weighted by Gasteiger charge is 2.19. The van der Waals surface area contributed by atoms with Gasteiger partial charge in [-0.05, 0) is 12.1 Å². The van der Waals surface area contributed by atoms with Gasteiger partial charge in [-0.3, -0.25) is 0 Å². The van der Waals surface area contributed by atoms with Crippen LogP contribution in [0.4, 0.5) is 0 Å². The van der Waals surface area contributed by atoms with Crippen LogP contribution in [0.15, 0.2) is 12.1 Å². The summed E-state index contributed by atoms with van der Waals surface area (Å²) < 4.78 is 26.1. The van der Waals surface area contributed by atoms with Crippen LogP contribution >= 0.6 is 8.46 Å². The number of ether oxygens (including phenoxy) is 3. The third kappa shape index (κ3) is 1.80. The van der Waals surface area contributed by atoms with Gasteiger partial charge in [0.25, 0.3) is 0 Å². The van der Waals surface area contributed by atoms with E-state index in [1.807, 2.05) is 0 Å². The summed E-state index contributed by atoms with van der Waals surface area (Å²) in [6.07, 6.45) is 0. The predicted molar refractivity (Wildman–Crippen MR) is 54.7 cm³/mol. The van der Waals surface area contributed by atoms with Gasteiger partial charge in [0, 0.05) is 0 Å². The van der Waals surface area contributed by atoms with Gasteiger partial charge in [-0.2, -0.15) is 0 Å². The van der Waals surface area contributed by atoms with Crippen LogP contribution in [0.2, 0.25) is 0 Å². The van der Waals surface area contributed by atoms with Crippen molar-refractivity contribution in [2.24, 2.45) is 0 Å². The van der Waals surface area contributed by atoms with Crippen LogP contribution in [0.5, 0.6) is 17.2 Å².